The van der Waals surface area contributed by atoms with E-state index in [0.717, 1.165) is 50.6 Å². The van der Waals surface area contributed by atoms with Crippen LogP contribution in [-0.4, -0.2) is 11.5 Å². The van der Waals surface area contributed by atoms with Gasteiger partial charge in [0, 0.05) is 11.3 Å². The van der Waals surface area contributed by atoms with Crippen LogP contribution in [0.15, 0.2) is 271 Å². The molecule has 2 heterocycles. The topological polar surface area (TPSA) is 60.8 Å². The quantitative estimate of drug-likeness (QED) is 0.135. The zero-order chi connectivity index (χ0) is 47.8. The van der Waals surface area contributed by atoms with E-state index in [9.17, 15) is 0 Å². The summed E-state index contributed by atoms with van der Waals surface area (Å²) >= 11 is 0. The lowest BCUT2D eigenvalue weighted by Crippen LogP contribution is -2.44. The molecule has 0 saturated heterocycles. The van der Waals surface area contributed by atoms with Crippen molar-refractivity contribution >= 4 is 49.6 Å². The standard InChI is InChI=1S/C67H49N5/c1-4-17-47(18-5-1)62-43-63(48-19-6-2-7-20-48)69-64(68-62)50-33-29-45(30-34-50)54-38-40-60(58-26-14-12-24-56(54)58)61-41-39-55(57-25-13-15-27-59(57)61)46-31-35-51(36-32-46)66-70-65(49-21-8-3-9-22-49)71-67(72-66)53-37-28-44-16-10-11-23-52(44)42-53/h1-43,64-66,68,70H,(H,71,72). The van der Waals surface area contributed by atoms with E-state index in [4.69, 9.17) is 9.98 Å². The van der Waals surface area contributed by atoms with Crippen LogP contribution in [0.25, 0.3) is 71.4 Å². The number of amidine groups is 1. The van der Waals surface area contributed by atoms with Crippen LogP contribution < -0.4 is 16.0 Å². The maximum absolute atomic E-state index is 5.22. The Hall–Kier alpha value is -9.16. The van der Waals surface area contributed by atoms with Gasteiger partial charge in [0.25, 0.3) is 0 Å². The molecule has 13 rings (SSSR count). The highest BCUT2D eigenvalue weighted by molar-refractivity contribution is 6.14. The van der Waals surface area contributed by atoms with Gasteiger partial charge in [0.05, 0.1) is 5.71 Å². The van der Waals surface area contributed by atoms with Gasteiger partial charge < -0.3 is 10.6 Å². The first-order valence-electron chi connectivity index (χ1n) is 24.7. The Morgan fingerprint density at radius 1 is 0.306 bits per heavy atom. The van der Waals surface area contributed by atoms with Crippen molar-refractivity contribution in [2.24, 2.45) is 9.98 Å². The molecule has 0 saturated carbocycles. The molecule has 2 aliphatic heterocycles. The van der Waals surface area contributed by atoms with Crippen LogP contribution in [0.5, 0.6) is 0 Å². The summed E-state index contributed by atoms with van der Waals surface area (Å²) in [7, 11) is 0. The predicted octanol–water partition coefficient (Wildman–Crippen LogP) is 15.6. The molecule has 11 aromatic carbocycles. The summed E-state index contributed by atoms with van der Waals surface area (Å²) < 4.78 is 0. The van der Waals surface area contributed by atoms with Crippen LogP contribution in [-0.2, 0) is 0 Å². The van der Waals surface area contributed by atoms with E-state index < -0.39 is 0 Å². The molecule has 0 radical (unpaired) electrons. The number of aliphatic imine (C=N–C) groups is 2. The number of nitrogens with one attached hydrogen (secondary N) is 3. The highest BCUT2D eigenvalue weighted by atomic mass is 15.3. The third-order valence-corrected chi connectivity index (χ3v) is 14.2. The molecule has 3 N–H and O–H groups in total. The van der Waals surface area contributed by atoms with Gasteiger partial charge >= 0.3 is 0 Å². The van der Waals surface area contributed by atoms with E-state index in [1.807, 2.05) is 6.07 Å². The molecule has 0 amide bonds. The highest BCUT2D eigenvalue weighted by Gasteiger charge is 2.26. The third kappa shape index (κ3) is 8.22. The summed E-state index contributed by atoms with van der Waals surface area (Å²) in [5, 5.41) is 18.5. The normalized spacial score (nSPS) is 16.6. The molecule has 5 heteroatoms. The molecule has 0 spiro atoms. The zero-order valence-electron chi connectivity index (χ0n) is 39.5. The minimum absolute atomic E-state index is 0.154. The fourth-order valence-corrected chi connectivity index (χ4v) is 10.5. The molecule has 11 aromatic rings. The SMILES string of the molecule is C1=C(c2ccccc2)NC(c2ccc(-c3ccc(-c4ccc(-c5ccc(C6NC(c7ccc8ccccc8c7)=NC(c7ccccc7)N6)cc5)c5ccccc45)c4ccccc34)cc2)N=C1c1ccccc1. The van der Waals surface area contributed by atoms with E-state index in [1.165, 1.54) is 65.7 Å². The van der Waals surface area contributed by atoms with Crippen molar-refractivity contribution in [3.63, 3.8) is 0 Å². The average Bonchev–Trinajstić information content (AvgIpc) is 3.47. The van der Waals surface area contributed by atoms with Crippen molar-refractivity contribution in [1.29, 1.82) is 0 Å². The highest BCUT2D eigenvalue weighted by Crippen LogP contribution is 2.42. The molecule has 72 heavy (non-hydrogen) atoms. The Morgan fingerprint density at radius 3 is 1.39 bits per heavy atom. The van der Waals surface area contributed by atoms with Crippen LogP contribution in [0.4, 0.5) is 0 Å². The maximum atomic E-state index is 5.22. The molecule has 3 unspecified atom stereocenters. The minimum Gasteiger partial charge on any atom is -0.360 e. The molecule has 0 aromatic heterocycles. The molecule has 2 aliphatic rings. The van der Waals surface area contributed by atoms with E-state index in [0.29, 0.717) is 0 Å². The lowest BCUT2D eigenvalue weighted by Gasteiger charge is -2.32. The predicted molar refractivity (Wildman–Crippen MR) is 300 cm³/mol. The van der Waals surface area contributed by atoms with Crippen LogP contribution in [0, 0.1) is 0 Å². The molecular weight excluding hydrogens is 875 g/mol. The number of nitrogens with zero attached hydrogens (tertiary/aromatic N) is 2. The van der Waals surface area contributed by atoms with Gasteiger partial charge in [-0.2, -0.15) is 0 Å². The fraction of sp³-hybridized carbons (Fsp3) is 0.0448. The zero-order valence-corrected chi connectivity index (χ0v) is 39.5. The molecule has 5 nitrogen and oxygen atoms in total. The van der Waals surface area contributed by atoms with E-state index in [-0.39, 0.29) is 18.5 Å². The molecule has 3 atom stereocenters. The maximum Gasteiger partial charge on any atom is 0.145 e. The second-order valence-corrected chi connectivity index (χ2v) is 18.6. The Bertz CT molecular complexity index is 3880. The lowest BCUT2D eigenvalue weighted by molar-refractivity contribution is 0.409. The van der Waals surface area contributed by atoms with Gasteiger partial charge in [-0.25, -0.2) is 4.99 Å². The number of rotatable bonds is 9. The number of allylic oxidation sites excluding steroid dienone is 1. The van der Waals surface area contributed by atoms with Crippen LogP contribution in [0.1, 0.15) is 51.9 Å². The van der Waals surface area contributed by atoms with Gasteiger partial charge in [-0.15, -0.1) is 0 Å². The summed E-state index contributed by atoms with van der Waals surface area (Å²) in [6.45, 7) is 0. The summed E-state index contributed by atoms with van der Waals surface area (Å²) in [5.74, 6) is 0.874. The monoisotopic (exact) mass is 923 g/mol. The average molecular weight is 924 g/mol. The number of fused-ring (bicyclic) bond motifs is 3. The van der Waals surface area contributed by atoms with Gasteiger partial charge in [-0.3, -0.25) is 10.3 Å². The van der Waals surface area contributed by atoms with Gasteiger partial charge in [0.2, 0.25) is 0 Å². The van der Waals surface area contributed by atoms with Crippen molar-refractivity contribution in [1.82, 2.24) is 16.0 Å². The number of hydrogen-bond donors (Lipinski definition) is 3. The van der Waals surface area contributed by atoms with Crippen LogP contribution in [0.3, 0.4) is 0 Å². The second-order valence-electron chi connectivity index (χ2n) is 18.6. The second kappa shape index (κ2) is 18.6. The summed E-state index contributed by atoms with van der Waals surface area (Å²) in [6.07, 6.45) is 1.56. The van der Waals surface area contributed by atoms with Crippen molar-refractivity contribution in [3.8, 4) is 33.4 Å². The largest absolute Gasteiger partial charge is 0.360 e. The summed E-state index contributed by atoms with van der Waals surface area (Å²) in [4.78, 5) is 10.4. The molecule has 0 aliphatic carbocycles. The Morgan fingerprint density at radius 2 is 0.778 bits per heavy atom. The molecule has 342 valence electrons. The van der Waals surface area contributed by atoms with Crippen molar-refractivity contribution in [2.75, 3.05) is 0 Å². The minimum atomic E-state index is -0.230. The van der Waals surface area contributed by atoms with Crippen LogP contribution in [0.2, 0.25) is 0 Å². The first-order valence-corrected chi connectivity index (χ1v) is 24.7. The molecule has 0 fully saturated rings. The molecular formula is C67H49N5. The summed E-state index contributed by atoms with van der Waals surface area (Å²) in [5.41, 5.74) is 15.9. The van der Waals surface area contributed by atoms with Crippen molar-refractivity contribution in [3.05, 3.63) is 294 Å². The first kappa shape index (κ1) is 42.9. The fourth-order valence-electron chi connectivity index (χ4n) is 10.5. The number of hydrogen-bond acceptors (Lipinski definition) is 5. The van der Waals surface area contributed by atoms with Gasteiger partial charge in [-0.1, -0.05) is 249 Å². The first-order chi connectivity index (χ1) is 35.7. The smallest absolute Gasteiger partial charge is 0.145 e. The van der Waals surface area contributed by atoms with E-state index >= 15 is 0 Å². The van der Waals surface area contributed by atoms with Gasteiger partial charge in [0.1, 0.15) is 24.3 Å². The van der Waals surface area contributed by atoms with E-state index in [2.05, 4.69) is 271 Å². The lowest BCUT2D eigenvalue weighted by atomic mass is 9.88. The Balaban J connectivity index is 0.798. The molecule has 0 bridgehead atoms. The van der Waals surface area contributed by atoms with Crippen molar-refractivity contribution < 1.29 is 0 Å². The van der Waals surface area contributed by atoms with E-state index in [1.54, 1.807) is 0 Å². The Labute approximate surface area is 419 Å². The summed E-state index contributed by atoms with van der Waals surface area (Å²) in [6, 6.07) is 91.2. The Kier molecular flexibility index (Phi) is 11.1. The third-order valence-electron chi connectivity index (χ3n) is 14.2. The van der Waals surface area contributed by atoms with Crippen LogP contribution >= 0.6 is 0 Å². The van der Waals surface area contributed by atoms with Crippen molar-refractivity contribution in [2.45, 2.75) is 18.5 Å². The van der Waals surface area contributed by atoms with Gasteiger partial charge in [-0.05, 0) is 106 Å². The number of benzene rings is 11. The van der Waals surface area contributed by atoms with Gasteiger partial charge in [0.15, 0.2) is 0 Å².